The zero-order valence-corrected chi connectivity index (χ0v) is 13.5. The lowest BCUT2D eigenvalue weighted by molar-refractivity contribution is 0.0946. The van der Waals surface area contributed by atoms with Crippen molar-refractivity contribution in [3.05, 3.63) is 52.5 Å². The minimum absolute atomic E-state index is 0.125. The molecule has 2 rings (SSSR count). The standard InChI is InChI=1S/C13H10Cl3FN2OS/c14-13(15,16)12(18-9-5-2-1-4-8(9)17)19-11(20)10-6-3-7-21-10/h1-7,12,18H,(H,19,20). The molecule has 8 heteroatoms. The first-order valence-corrected chi connectivity index (χ1v) is 7.81. The second kappa shape index (κ2) is 6.83. The number of hydrogen-bond donors (Lipinski definition) is 2. The number of para-hydroxylation sites is 1. The first-order valence-electron chi connectivity index (χ1n) is 5.80. The van der Waals surface area contributed by atoms with Crippen molar-refractivity contribution in [1.29, 1.82) is 0 Å². The van der Waals surface area contributed by atoms with Crippen LogP contribution in [0.25, 0.3) is 0 Å². The van der Waals surface area contributed by atoms with Crippen molar-refractivity contribution in [3.63, 3.8) is 0 Å². The minimum atomic E-state index is -1.85. The van der Waals surface area contributed by atoms with Gasteiger partial charge < -0.3 is 10.6 Å². The molecule has 1 aromatic carbocycles. The Morgan fingerprint density at radius 1 is 1.19 bits per heavy atom. The highest BCUT2D eigenvalue weighted by Crippen LogP contribution is 2.31. The van der Waals surface area contributed by atoms with Crippen molar-refractivity contribution in [2.24, 2.45) is 0 Å². The summed E-state index contributed by atoms with van der Waals surface area (Å²) >= 11 is 18.8. The van der Waals surface area contributed by atoms with E-state index in [2.05, 4.69) is 10.6 Å². The van der Waals surface area contributed by atoms with Gasteiger partial charge in [-0.1, -0.05) is 53.0 Å². The SMILES string of the molecule is O=C(NC(Nc1ccccc1F)C(Cl)(Cl)Cl)c1cccs1. The summed E-state index contributed by atoms with van der Waals surface area (Å²) in [5.74, 6) is -0.924. The van der Waals surface area contributed by atoms with E-state index in [4.69, 9.17) is 34.8 Å². The summed E-state index contributed by atoms with van der Waals surface area (Å²) in [7, 11) is 0. The highest BCUT2D eigenvalue weighted by Gasteiger charge is 2.34. The van der Waals surface area contributed by atoms with Crippen LogP contribution in [0.2, 0.25) is 0 Å². The molecule has 0 aliphatic rings. The summed E-state index contributed by atoms with van der Waals surface area (Å²) in [5.41, 5.74) is 0.125. The lowest BCUT2D eigenvalue weighted by Gasteiger charge is -2.27. The summed E-state index contributed by atoms with van der Waals surface area (Å²) in [6.45, 7) is 0. The molecule has 1 amide bonds. The summed E-state index contributed by atoms with van der Waals surface area (Å²) in [6, 6.07) is 9.28. The molecule has 1 aromatic heterocycles. The van der Waals surface area contributed by atoms with E-state index < -0.39 is 21.7 Å². The third-order valence-electron chi connectivity index (χ3n) is 2.52. The van der Waals surface area contributed by atoms with Gasteiger partial charge in [0.05, 0.1) is 10.6 Å². The van der Waals surface area contributed by atoms with Gasteiger partial charge in [-0.05, 0) is 23.6 Å². The second-order valence-corrected chi connectivity index (χ2v) is 7.37. The van der Waals surface area contributed by atoms with Crippen molar-refractivity contribution in [3.8, 4) is 0 Å². The zero-order valence-electron chi connectivity index (χ0n) is 10.4. The number of amides is 1. The van der Waals surface area contributed by atoms with Crippen molar-refractivity contribution < 1.29 is 9.18 Å². The average molecular weight is 368 g/mol. The molecular weight excluding hydrogens is 358 g/mol. The molecule has 3 nitrogen and oxygen atoms in total. The third-order valence-corrected chi connectivity index (χ3v) is 4.04. The topological polar surface area (TPSA) is 41.1 Å². The number of carbonyl (C=O) groups is 1. The largest absolute Gasteiger partial charge is 0.359 e. The fourth-order valence-corrected chi connectivity index (χ4v) is 2.50. The van der Waals surface area contributed by atoms with Gasteiger partial charge >= 0.3 is 0 Å². The van der Waals surface area contributed by atoms with Crippen molar-refractivity contribution in [2.45, 2.75) is 9.96 Å². The number of rotatable bonds is 4. The molecule has 1 heterocycles. The molecule has 21 heavy (non-hydrogen) atoms. The molecule has 0 aliphatic heterocycles. The van der Waals surface area contributed by atoms with Gasteiger partial charge in [0.1, 0.15) is 12.0 Å². The smallest absolute Gasteiger partial charge is 0.263 e. The monoisotopic (exact) mass is 366 g/mol. The van der Waals surface area contributed by atoms with Gasteiger partial charge in [-0.25, -0.2) is 4.39 Å². The number of hydrogen-bond acceptors (Lipinski definition) is 3. The van der Waals surface area contributed by atoms with E-state index in [0.717, 1.165) is 0 Å². The summed E-state index contributed by atoms with van der Waals surface area (Å²) in [5, 5.41) is 6.97. The molecule has 0 spiro atoms. The van der Waals surface area contributed by atoms with Gasteiger partial charge in [0.2, 0.25) is 3.79 Å². The molecular formula is C13H10Cl3FN2OS. The van der Waals surface area contributed by atoms with Gasteiger partial charge in [-0.2, -0.15) is 0 Å². The van der Waals surface area contributed by atoms with E-state index in [0.29, 0.717) is 4.88 Å². The van der Waals surface area contributed by atoms with E-state index in [-0.39, 0.29) is 5.69 Å². The fourth-order valence-electron chi connectivity index (χ4n) is 1.54. The molecule has 0 fully saturated rings. The Morgan fingerprint density at radius 3 is 2.48 bits per heavy atom. The molecule has 0 saturated heterocycles. The van der Waals surface area contributed by atoms with Gasteiger partial charge in [-0.3, -0.25) is 4.79 Å². The van der Waals surface area contributed by atoms with Crippen LogP contribution in [0.3, 0.4) is 0 Å². The molecule has 0 saturated carbocycles. The highest BCUT2D eigenvalue weighted by molar-refractivity contribution is 7.12. The molecule has 0 bridgehead atoms. The van der Waals surface area contributed by atoms with E-state index in [1.807, 2.05) is 0 Å². The Labute approximate surface area is 140 Å². The van der Waals surface area contributed by atoms with Crippen LogP contribution in [0.4, 0.5) is 10.1 Å². The Balaban J connectivity index is 2.16. The number of alkyl halides is 3. The first kappa shape index (κ1) is 16.4. The Hall–Kier alpha value is -1.01. The predicted molar refractivity (Wildman–Crippen MR) is 85.9 cm³/mol. The van der Waals surface area contributed by atoms with Crippen molar-refractivity contribution in [1.82, 2.24) is 5.32 Å². The molecule has 1 unspecified atom stereocenters. The van der Waals surface area contributed by atoms with Crippen LogP contribution in [0.1, 0.15) is 9.67 Å². The molecule has 2 aromatic rings. The van der Waals surface area contributed by atoms with Crippen LogP contribution in [0, 0.1) is 5.82 Å². The minimum Gasteiger partial charge on any atom is -0.359 e. The maximum absolute atomic E-state index is 13.6. The number of nitrogens with one attached hydrogen (secondary N) is 2. The van der Waals surface area contributed by atoms with Crippen LogP contribution in [0.5, 0.6) is 0 Å². The summed E-state index contributed by atoms with van der Waals surface area (Å²) in [4.78, 5) is 12.5. The van der Waals surface area contributed by atoms with Crippen LogP contribution in [0.15, 0.2) is 41.8 Å². The first-order chi connectivity index (χ1) is 9.88. The van der Waals surface area contributed by atoms with Crippen LogP contribution < -0.4 is 10.6 Å². The fraction of sp³-hybridized carbons (Fsp3) is 0.154. The van der Waals surface area contributed by atoms with Crippen molar-refractivity contribution in [2.75, 3.05) is 5.32 Å². The lowest BCUT2D eigenvalue weighted by atomic mass is 10.3. The highest BCUT2D eigenvalue weighted by atomic mass is 35.6. The van der Waals surface area contributed by atoms with E-state index in [9.17, 15) is 9.18 Å². The Morgan fingerprint density at radius 2 is 1.90 bits per heavy atom. The van der Waals surface area contributed by atoms with E-state index in [1.165, 1.54) is 29.5 Å². The molecule has 1 atom stereocenters. The Kier molecular flexibility index (Phi) is 5.32. The maximum Gasteiger partial charge on any atom is 0.263 e. The van der Waals surface area contributed by atoms with Crippen molar-refractivity contribution >= 4 is 57.7 Å². The average Bonchev–Trinajstić information content (AvgIpc) is 2.93. The van der Waals surface area contributed by atoms with Crippen LogP contribution in [-0.2, 0) is 0 Å². The normalized spacial score (nSPS) is 12.8. The molecule has 2 N–H and O–H groups in total. The number of halogens is 4. The quantitative estimate of drug-likeness (QED) is 0.620. The van der Waals surface area contributed by atoms with E-state index in [1.54, 1.807) is 23.6 Å². The van der Waals surface area contributed by atoms with Crippen LogP contribution >= 0.6 is 46.1 Å². The molecule has 112 valence electrons. The van der Waals surface area contributed by atoms with Gasteiger partial charge in [0, 0.05) is 0 Å². The summed E-state index contributed by atoms with van der Waals surface area (Å²) in [6.07, 6.45) is -1.09. The zero-order chi connectivity index (χ0) is 15.5. The number of thiophene rings is 1. The third kappa shape index (κ3) is 4.48. The van der Waals surface area contributed by atoms with Crippen LogP contribution in [-0.4, -0.2) is 15.9 Å². The predicted octanol–water partition coefficient (Wildman–Crippen LogP) is 4.43. The Bertz CT molecular complexity index is 616. The summed E-state index contributed by atoms with van der Waals surface area (Å²) < 4.78 is 11.8. The number of anilines is 1. The van der Waals surface area contributed by atoms with E-state index >= 15 is 0 Å². The number of carbonyl (C=O) groups excluding carboxylic acids is 1. The second-order valence-electron chi connectivity index (χ2n) is 4.05. The molecule has 0 aliphatic carbocycles. The van der Waals surface area contributed by atoms with Gasteiger partial charge in [0.25, 0.3) is 5.91 Å². The number of benzene rings is 1. The van der Waals surface area contributed by atoms with Gasteiger partial charge in [-0.15, -0.1) is 11.3 Å². The lowest BCUT2D eigenvalue weighted by Crippen LogP contribution is -2.49. The molecule has 0 radical (unpaired) electrons. The van der Waals surface area contributed by atoms with Gasteiger partial charge in [0.15, 0.2) is 0 Å². The maximum atomic E-state index is 13.6.